The molecule has 2 N–H and O–H groups in total. The highest BCUT2D eigenvalue weighted by Crippen LogP contribution is 2.41. The van der Waals surface area contributed by atoms with Gasteiger partial charge in [0, 0.05) is 36.8 Å². The number of piperidine rings is 1. The van der Waals surface area contributed by atoms with Gasteiger partial charge in [0.05, 0.1) is 17.3 Å². The number of imide groups is 1. The van der Waals surface area contributed by atoms with Gasteiger partial charge in [-0.05, 0) is 55.2 Å². The molecule has 1 spiro atoms. The number of alkyl halides is 3. The quantitative estimate of drug-likeness (QED) is 0.453. The van der Waals surface area contributed by atoms with Crippen molar-refractivity contribution >= 4 is 40.3 Å². The van der Waals surface area contributed by atoms with Crippen molar-refractivity contribution in [3.05, 3.63) is 59.8 Å². The molecule has 13 heteroatoms. The second-order valence-corrected chi connectivity index (χ2v) is 10.8. The van der Waals surface area contributed by atoms with Crippen molar-refractivity contribution < 1.29 is 32.3 Å². The molecule has 5 amide bonds. The summed E-state index contributed by atoms with van der Waals surface area (Å²) in [5.41, 5.74) is -1.04. The third kappa shape index (κ3) is 4.89. The highest BCUT2D eigenvalue weighted by molar-refractivity contribution is 6.17. The van der Waals surface area contributed by atoms with Crippen LogP contribution in [0.15, 0.2) is 48.7 Å². The van der Waals surface area contributed by atoms with E-state index in [4.69, 9.17) is 0 Å². The minimum atomic E-state index is -4.61. The van der Waals surface area contributed by atoms with Crippen molar-refractivity contribution in [3.8, 4) is 0 Å². The van der Waals surface area contributed by atoms with E-state index in [2.05, 4.69) is 15.5 Å². The third-order valence-corrected chi connectivity index (χ3v) is 7.86. The van der Waals surface area contributed by atoms with E-state index >= 15 is 0 Å². The van der Waals surface area contributed by atoms with Crippen LogP contribution in [0.3, 0.4) is 0 Å². The Balaban J connectivity index is 1.34. The van der Waals surface area contributed by atoms with Crippen LogP contribution >= 0.6 is 0 Å². The molecule has 2 fully saturated rings. The number of hydrogen-bond acceptors (Lipinski definition) is 5. The summed E-state index contributed by atoms with van der Waals surface area (Å²) in [5, 5.41) is 10.2. The fourth-order valence-electron chi connectivity index (χ4n) is 5.56. The molecule has 1 aromatic heterocycles. The van der Waals surface area contributed by atoms with Crippen LogP contribution in [-0.2, 0) is 15.8 Å². The minimum Gasteiger partial charge on any atom is -0.341 e. The number of fused-ring (bicyclic) bond motifs is 1. The maximum atomic E-state index is 13.6. The highest BCUT2D eigenvalue weighted by Gasteiger charge is 2.58. The number of hydrogen-bond donors (Lipinski definition) is 2. The van der Waals surface area contributed by atoms with Crippen molar-refractivity contribution in [2.45, 2.75) is 44.4 Å². The molecule has 2 saturated heterocycles. The van der Waals surface area contributed by atoms with Crippen LogP contribution in [0.25, 0.3) is 10.9 Å². The second kappa shape index (κ2) is 10.2. The molecule has 216 valence electrons. The van der Waals surface area contributed by atoms with Crippen LogP contribution in [0.4, 0.5) is 23.7 Å². The zero-order valence-electron chi connectivity index (χ0n) is 22.7. The summed E-state index contributed by atoms with van der Waals surface area (Å²) in [6.07, 6.45) is -2.65. The largest absolute Gasteiger partial charge is 0.416 e. The summed E-state index contributed by atoms with van der Waals surface area (Å²) in [7, 11) is 1.43. The average Bonchev–Trinajstić information content (AvgIpc) is 3.48. The van der Waals surface area contributed by atoms with Crippen LogP contribution in [-0.4, -0.2) is 75.5 Å². The molecule has 5 rings (SSSR count). The van der Waals surface area contributed by atoms with E-state index in [1.54, 1.807) is 38.2 Å². The van der Waals surface area contributed by atoms with E-state index in [0.29, 0.717) is 5.69 Å². The van der Waals surface area contributed by atoms with Gasteiger partial charge < -0.3 is 10.2 Å². The van der Waals surface area contributed by atoms with Gasteiger partial charge in [-0.3, -0.25) is 29.3 Å². The number of nitrogens with zero attached hydrogens (tertiary/aromatic N) is 4. The lowest BCUT2D eigenvalue weighted by Gasteiger charge is -2.43. The van der Waals surface area contributed by atoms with Crippen molar-refractivity contribution in [2.24, 2.45) is 5.92 Å². The summed E-state index contributed by atoms with van der Waals surface area (Å²) in [6.45, 7) is 3.72. The summed E-state index contributed by atoms with van der Waals surface area (Å²) < 4.78 is 39.4. The molecular weight excluding hydrogens is 541 g/mol. The predicted molar refractivity (Wildman–Crippen MR) is 143 cm³/mol. The smallest absolute Gasteiger partial charge is 0.341 e. The van der Waals surface area contributed by atoms with E-state index < -0.39 is 41.2 Å². The lowest BCUT2D eigenvalue weighted by atomic mass is 9.85. The van der Waals surface area contributed by atoms with E-state index in [9.17, 15) is 32.3 Å². The van der Waals surface area contributed by atoms with Gasteiger partial charge >= 0.3 is 12.2 Å². The number of aromatic amines is 1. The number of likely N-dealkylation sites (N-methyl/N-ethyl adjacent to an activating group) is 1. The molecule has 10 nitrogen and oxygen atoms in total. The predicted octanol–water partition coefficient (Wildman–Crippen LogP) is 3.80. The van der Waals surface area contributed by atoms with Crippen LogP contribution in [0.2, 0.25) is 0 Å². The van der Waals surface area contributed by atoms with Gasteiger partial charge in [-0.1, -0.05) is 19.9 Å². The van der Waals surface area contributed by atoms with Crippen LogP contribution in [0.1, 0.15) is 42.6 Å². The highest BCUT2D eigenvalue weighted by atomic mass is 19.4. The Hall–Kier alpha value is -4.42. The van der Waals surface area contributed by atoms with Crippen molar-refractivity contribution in [1.82, 2.24) is 25.3 Å². The Morgan fingerprint density at radius 2 is 1.78 bits per heavy atom. The number of halogens is 3. The third-order valence-electron chi connectivity index (χ3n) is 7.86. The Labute approximate surface area is 233 Å². The normalized spacial score (nSPS) is 18.1. The maximum Gasteiger partial charge on any atom is 0.416 e. The number of amides is 5. The first-order chi connectivity index (χ1) is 19.3. The Morgan fingerprint density at radius 3 is 2.44 bits per heavy atom. The Morgan fingerprint density at radius 1 is 1.07 bits per heavy atom. The van der Waals surface area contributed by atoms with Crippen LogP contribution < -0.4 is 10.2 Å². The minimum absolute atomic E-state index is 0.138. The van der Waals surface area contributed by atoms with Gasteiger partial charge in [-0.2, -0.15) is 18.3 Å². The molecule has 3 heterocycles. The zero-order chi connectivity index (χ0) is 29.7. The molecule has 2 aromatic carbocycles. The van der Waals surface area contributed by atoms with E-state index in [0.717, 1.165) is 34.0 Å². The number of nitrogens with one attached hydrogen (secondary N) is 2. The summed E-state index contributed by atoms with van der Waals surface area (Å²) >= 11 is 0. The molecule has 1 unspecified atom stereocenters. The topological polar surface area (TPSA) is 119 Å². The summed E-state index contributed by atoms with van der Waals surface area (Å²) in [6, 6.07) is 7.83. The van der Waals surface area contributed by atoms with E-state index in [1.165, 1.54) is 22.9 Å². The number of anilines is 1. The monoisotopic (exact) mass is 570 g/mol. The number of carbonyl (C=O) groups is 4. The van der Waals surface area contributed by atoms with Gasteiger partial charge in [0.2, 0.25) is 5.91 Å². The van der Waals surface area contributed by atoms with E-state index in [1.807, 2.05) is 0 Å². The molecule has 0 saturated carbocycles. The Bertz CT molecular complexity index is 1530. The van der Waals surface area contributed by atoms with Gasteiger partial charge in [0.1, 0.15) is 11.6 Å². The Kier molecular flexibility index (Phi) is 7.00. The van der Waals surface area contributed by atoms with Gasteiger partial charge in [0.25, 0.3) is 11.8 Å². The SMILES string of the molecule is CC(C)C(NC(=O)c1cccc(C(F)(F)F)c1)C(=O)N1CCC2(CC1)C(=O)N(C)C(=O)N2c1ccc2[nH]ncc2c1. The molecule has 2 aliphatic rings. The number of likely N-dealkylation sites (tertiary alicyclic amines) is 1. The van der Waals surface area contributed by atoms with Gasteiger partial charge in [-0.15, -0.1) is 0 Å². The number of urea groups is 1. The number of H-pyrrole nitrogens is 1. The maximum absolute atomic E-state index is 13.6. The molecule has 0 aliphatic carbocycles. The fourth-order valence-corrected chi connectivity index (χ4v) is 5.56. The van der Waals surface area contributed by atoms with Crippen molar-refractivity contribution in [3.63, 3.8) is 0 Å². The molecule has 0 radical (unpaired) electrons. The lowest BCUT2D eigenvalue weighted by Crippen LogP contribution is -2.60. The first kappa shape index (κ1) is 28.1. The van der Waals surface area contributed by atoms with Crippen molar-refractivity contribution in [2.75, 3.05) is 25.0 Å². The van der Waals surface area contributed by atoms with Crippen LogP contribution in [0, 0.1) is 5.92 Å². The second-order valence-electron chi connectivity index (χ2n) is 10.8. The number of rotatable bonds is 5. The lowest BCUT2D eigenvalue weighted by molar-refractivity contribution is -0.139. The zero-order valence-corrected chi connectivity index (χ0v) is 22.7. The fraction of sp³-hybridized carbons (Fsp3) is 0.393. The molecule has 0 bridgehead atoms. The standard InChI is InChI=1S/C28H29F3N6O4/c1-16(2)22(33-23(38)17-5-4-6-19(13-17)28(29,30)31)24(39)36-11-9-27(10-12-36)25(40)35(3)26(41)37(27)20-7-8-21-18(14-20)15-32-34-21/h4-8,13-16,22H,9-12H2,1-3H3,(H,32,34)(H,33,38). The number of aromatic nitrogens is 2. The number of benzene rings is 2. The van der Waals surface area contributed by atoms with Gasteiger partial charge in [-0.25, -0.2) is 4.79 Å². The first-order valence-corrected chi connectivity index (χ1v) is 13.2. The van der Waals surface area contributed by atoms with Crippen molar-refractivity contribution in [1.29, 1.82) is 0 Å². The molecule has 41 heavy (non-hydrogen) atoms. The molecule has 1 atom stereocenters. The van der Waals surface area contributed by atoms with Crippen LogP contribution in [0.5, 0.6) is 0 Å². The first-order valence-electron chi connectivity index (χ1n) is 13.2. The molecule has 3 aromatic rings. The molecular formula is C28H29F3N6O4. The average molecular weight is 571 g/mol. The van der Waals surface area contributed by atoms with E-state index in [-0.39, 0.29) is 43.3 Å². The number of carbonyl (C=O) groups excluding carboxylic acids is 4. The van der Waals surface area contributed by atoms with Gasteiger partial charge in [0.15, 0.2) is 0 Å². The molecule has 2 aliphatic heterocycles. The summed E-state index contributed by atoms with van der Waals surface area (Å²) in [5.74, 6) is -1.94. The summed E-state index contributed by atoms with van der Waals surface area (Å²) in [4.78, 5) is 57.2.